The molecule has 0 radical (unpaired) electrons. The van der Waals surface area contributed by atoms with E-state index in [1.807, 2.05) is 0 Å². The van der Waals surface area contributed by atoms with Gasteiger partial charge >= 0.3 is 6.30 Å². The van der Waals surface area contributed by atoms with Gasteiger partial charge in [0.2, 0.25) is 0 Å². The molecule has 0 aliphatic heterocycles. The van der Waals surface area contributed by atoms with E-state index in [0.717, 1.165) is 0 Å². The number of rotatable bonds is 1. The number of alkyl halides is 3. The molecule has 1 aromatic rings. The van der Waals surface area contributed by atoms with Gasteiger partial charge in [-0.05, 0) is 18.2 Å². The van der Waals surface area contributed by atoms with Crippen LogP contribution in [0, 0.1) is 0 Å². The molecule has 2 N–H and O–H groups in total. The summed E-state index contributed by atoms with van der Waals surface area (Å²) >= 11 is 8.65. The van der Waals surface area contributed by atoms with Gasteiger partial charge in [0.15, 0.2) is 0 Å². The first kappa shape index (κ1) is 11.6. The van der Waals surface area contributed by atoms with Crippen LogP contribution in [-0.2, 0) is 0 Å². The predicted molar refractivity (Wildman–Crippen MR) is 51.9 cm³/mol. The van der Waals surface area contributed by atoms with Crippen LogP contribution in [0.25, 0.3) is 0 Å². The second-order valence-corrected chi connectivity index (χ2v) is 3.76. The molecule has 0 unspecified atom stereocenters. The Hall–Kier alpha value is -0.460. The van der Waals surface area contributed by atoms with E-state index < -0.39 is 6.30 Å². The Kier molecular flexibility index (Phi) is 3.28. The van der Waals surface area contributed by atoms with Crippen molar-refractivity contribution >= 4 is 33.2 Å². The molecule has 0 aromatic heterocycles. The third-order valence-electron chi connectivity index (χ3n) is 1.44. The molecule has 2 nitrogen and oxygen atoms in total. The number of benzene rings is 1. The summed E-state index contributed by atoms with van der Waals surface area (Å²) < 4.78 is 37.0. The van der Waals surface area contributed by atoms with E-state index >= 15 is 0 Å². The minimum Gasteiger partial charge on any atom is -0.240 e. The Morgan fingerprint density at radius 3 is 2.36 bits per heavy atom. The molecule has 78 valence electrons. The van der Waals surface area contributed by atoms with E-state index in [-0.39, 0.29) is 15.7 Å². The minimum atomic E-state index is -4.64. The Morgan fingerprint density at radius 1 is 1.36 bits per heavy atom. The van der Waals surface area contributed by atoms with Crippen molar-refractivity contribution in [2.75, 3.05) is 5.01 Å². The summed E-state index contributed by atoms with van der Waals surface area (Å²) in [6, 6.07) is 3.94. The van der Waals surface area contributed by atoms with Gasteiger partial charge in [0, 0.05) is 4.47 Å². The number of nitrogens with zero attached hydrogens (tertiary/aromatic N) is 1. The maximum Gasteiger partial charge on any atom is 0.498 e. The fourth-order valence-corrected chi connectivity index (χ4v) is 1.58. The fourth-order valence-electron chi connectivity index (χ4n) is 0.813. The first-order valence-corrected chi connectivity index (χ1v) is 4.56. The van der Waals surface area contributed by atoms with Gasteiger partial charge in [0.25, 0.3) is 0 Å². The lowest BCUT2D eigenvalue weighted by atomic mass is 10.3. The van der Waals surface area contributed by atoms with E-state index in [1.54, 1.807) is 0 Å². The average Bonchev–Trinajstić information content (AvgIpc) is 2.01. The van der Waals surface area contributed by atoms with Crippen LogP contribution in [0.4, 0.5) is 18.9 Å². The van der Waals surface area contributed by atoms with Crippen LogP contribution >= 0.6 is 27.5 Å². The van der Waals surface area contributed by atoms with Gasteiger partial charge in [0.05, 0.1) is 10.7 Å². The molecule has 1 rings (SSSR count). The summed E-state index contributed by atoms with van der Waals surface area (Å²) in [5.74, 6) is 4.83. The quantitative estimate of drug-likeness (QED) is 0.488. The molecule has 0 amide bonds. The van der Waals surface area contributed by atoms with Crippen LogP contribution in [0.3, 0.4) is 0 Å². The van der Waals surface area contributed by atoms with Crippen LogP contribution in [0.1, 0.15) is 0 Å². The molecule has 0 atom stereocenters. The van der Waals surface area contributed by atoms with E-state index in [0.29, 0.717) is 4.47 Å². The predicted octanol–water partition coefficient (Wildman–Crippen LogP) is 3.30. The third kappa shape index (κ3) is 2.52. The second-order valence-electron chi connectivity index (χ2n) is 2.43. The molecule has 0 heterocycles. The smallest absolute Gasteiger partial charge is 0.240 e. The van der Waals surface area contributed by atoms with Gasteiger partial charge in [-0.15, -0.1) is 13.2 Å². The molecule has 0 bridgehead atoms. The van der Waals surface area contributed by atoms with Crippen LogP contribution in [-0.4, -0.2) is 6.30 Å². The molecule has 0 saturated carbocycles. The third-order valence-corrected chi connectivity index (χ3v) is 2.24. The number of anilines is 1. The van der Waals surface area contributed by atoms with Crippen molar-refractivity contribution in [2.24, 2.45) is 5.84 Å². The highest BCUT2D eigenvalue weighted by atomic mass is 79.9. The van der Waals surface area contributed by atoms with Crippen molar-refractivity contribution < 1.29 is 13.2 Å². The largest absolute Gasteiger partial charge is 0.498 e. The van der Waals surface area contributed by atoms with E-state index in [2.05, 4.69) is 15.9 Å². The summed E-state index contributed by atoms with van der Waals surface area (Å²) in [5.41, 5.74) is -0.289. The highest BCUT2D eigenvalue weighted by Crippen LogP contribution is 2.32. The van der Waals surface area contributed by atoms with E-state index in [1.165, 1.54) is 18.2 Å². The molecule has 0 fully saturated rings. The number of hydrogen-bond acceptors (Lipinski definition) is 2. The molecule has 0 spiro atoms. The van der Waals surface area contributed by atoms with Gasteiger partial charge in [-0.25, -0.2) is 10.9 Å². The molecule has 14 heavy (non-hydrogen) atoms. The van der Waals surface area contributed by atoms with Crippen molar-refractivity contribution in [2.45, 2.75) is 6.30 Å². The molecule has 0 saturated heterocycles. The number of nitrogens with two attached hydrogens (primary N) is 1. The fraction of sp³-hybridized carbons (Fsp3) is 0.143. The van der Waals surface area contributed by atoms with Crippen molar-refractivity contribution in [3.8, 4) is 0 Å². The van der Waals surface area contributed by atoms with Crippen molar-refractivity contribution in [3.05, 3.63) is 27.7 Å². The van der Waals surface area contributed by atoms with Gasteiger partial charge < -0.3 is 0 Å². The van der Waals surface area contributed by atoms with Crippen LogP contribution in [0.15, 0.2) is 22.7 Å². The van der Waals surface area contributed by atoms with E-state index in [9.17, 15) is 13.2 Å². The monoisotopic (exact) mass is 288 g/mol. The lowest BCUT2D eigenvalue weighted by molar-refractivity contribution is -0.129. The zero-order valence-corrected chi connectivity index (χ0v) is 8.99. The first-order valence-electron chi connectivity index (χ1n) is 3.39. The van der Waals surface area contributed by atoms with Gasteiger partial charge in [-0.3, -0.25) is 0 Å². The van der Waals surface area contributed by atoms with Gasteiger partial charge in [-0.2, -0.15) is 0 Å². The Morgan fingerprint density at radius 2 is 1.93 bits per heavy atom. The lowest BCUT2D eigenvalue weighted by Gasteiger charge is -2.22. The SMILES string of the molecule is NN(c1ccc(Br)cc1Cl)C(F)(F)F. The summed E-state index contributed by atoms with van der Waals surface area (Å²) in [4.78, 5) is 0. The van der Waals surface area contributed by atoms with Crippen molar-refractivity contribution in [3.63, 3.8) is 0 Å². The Labute approximate surface area is 91.5 Å². The normalized spacial score (nSPS) is 11.6. The standard InChI is InChI=1S/C7H5BrClF3N2/c8-4-1-2-6(5(9)3-4)14(13)7(10,11)12/h1-3H,13H2. The highest BCUT2D eigenvalue weighted by molar-refractivity contribution is 9.10. The Balaban J connectivity index is 3.08. The molecule has 0 aliphatic carbocycles. The maximum atomic E-state index is 12.1. The van der Waals surface area contributed by atoms with Crippen molar-refractivity contribution in [1.82, 2.24) is 0 Å². The molecule has 7 heteroatoms. The maximum absolute atomic E-state index is 12.1. The summed E-state index contributed by atoms with van der Waals surface area (Å²) in [7, 11) is 0. The molecular weight excluding hydrogens is 284 g/mol. The second kappa shape index (κ2) is 3.96. The molecular formula is C7H5BrClF3N2. The number of halogens is 5. The summed E-state index contributed by atoms with van der Waals surface area (Å²) in [6.07, 6.45) is -4.64. The summed E-state index contributed by atoms with van der Waals surface area (Å²) in [5, 5.41) is -0.402. The first-order chi connectivity index (χ1) is 6.32. The number of hydrazine groups is 1. The number of hydrogen-bond donors (Lipinski definition) is 1. The van der Waals surface area contributed by atoms with Crippen LogP contribution < -0.4 is 10.9 Å². The van der Waals surface area contributed by atoms with Gasteiger partial charge in [0.1, 0.15) is 0 Å². The topological polar surface area (TPSA) is 29.3 Å². The average molecular weight is 289 g/mol. The summed E-state index contributed by atoms with van der Waals surface area (Å²) in [6.45, 7) is 0. The van der Waals surface area contributed by atoms with Crippen molar-refractivity contribution in [1.29, 1.82) is 0 Å². The molecule has 0 aliphatic rings. The minimum absolute atomic E-state index is 0.0702. The van der Waals surface area contributed by atoms with E-state index in [4.69, 9.17) is 17.4 Å². The van der Waals surface area contributed by atoms with Gasteiger partial charge in [-0.1, -0.05) is 27.5 Å². The Bertz CT molecular complexity index is 342. The highest BCUT2D eigenvalue weighted by Gasteiger charge is 2.36. The van der Waals surface area contributed by atoms with Crippen LogP contribution in [0.2, 0.25) is 5.02 Å². The lowest BCUT2D eigenvalue weighted by Crippen LogP contribution is -2.44. The molecule has 1 aromatic carbocycles. The zero-order valence-electron chi connectivity index (χ0n) is 6.65. The zero-order chi connectivity index (χ0) is 10.9. The van der Waals surface area contributed by atoms with Crippen LogP contribution in [0.5, 0.6) is 0 Å².